The summed E-state index contributed by atoms with van der Waals surface area (Å²) in [4.78, 5) is 28.9. The van der Waals surface area contributed by atoms with Crippen molar-refractivity contribution < 1.29 is 5.11 Å². The molecule has 0 aromatic carbocycles. The highest BCUT2D eigenvalue weighted by atomic mass is 32.1. The van der Waals surface area contributed by atoms with Gasteiger partial charge in [0.2, 0.25) is 0 Å². The number of nitrogens with zero attached hydrogens (tertiary/aromatic N) is 5. The Labute approximate surface area is 152 Å². The van der Waals surface area contributed by atoms with E-state index in [0.29, 0.717) is 10.2 Å². The lowest BCUT2D eigenvalue weighted by molar-refractivity contribution is -0.0295. The zero-order valence-corrected chi connectivity index (χ0v) is 15.2. The zero-order valence-electron chi connectivity index (χ0n) is 14.4. The first kappa shape index (κ1) is 15.7. The molecule has 26 heavy (non-hydrogen) atoms. The van der Waals surface area contributed by atoms with Crippen LogP contribution in [0.25, 0.3) is 26.1 Å². The molecule has 2 atom stereocenters. The normalized spacial score (nSPS) is 24.4. The van der Waals surface area contributed by atoms with Gasteiger partial charge in [0.1, 0.15) is 33.5 Å². The Morgan fingerprint density at radius 1 is 1.35 bits per heavy atom. The molecule has 1 saturated carbocycles. The predicted molar refractivity (Wildman–Crippen MR) is 102 cm³/mol. The lowest BCUT2D eigenvalue weighted by Crippen LogP contribution is -2.45. The number of allylic oxidation sites excluding steroid dienone is 2. The molecule has 0 saturated heterocycles. The van der Waals surface area contributed by atoms with Crippen LogP contribution in [-0.2, 0) is 0 Å². The van der Waals surface area contributed by atoms with E-state index < -0.39 is 5.60 Å². The van der Waals surface area contributed by atoms with Gasteiger partial charge in [-0.3, -0.25) is 9.36 Å². The minimum Gasteiger partial charge on any atom is -0.385 e. The summed E-state index contributed by atoms with van der Waals surface area (Å²) in [7, 11) is 3.81. The smallest absolute Gasteiger partial charge is 0.275 e. The highest BCUT2D eigenvalue weighted by molar-refractivity contribution is 7.25. The maximum atomic E-state index is 13.1. The van der Waals surface area contributed by atoms with Gasteiger partial charge in [-0.1, -0.05) is 12.2 Å². The second-order valence-electron chi connectivity index (χ2n) is 7.03. The highest BCUT2D eigenvalue weighted by Crippen LogP contribution is 2.44. The Balaban J connectivity index is 1.72. The molecule has 0 amide bonds. The third-order valence-corrected chi connectivity index (χ3v) is 6.35. The summed E-state index contributed by atoms with van der Waals surface area (Å²) < 4.78 is 2.12. The maximum absolute atomic E-state index is 13.1. The molecule has 2 aliphatic rings. The number of aromatic nitrogens is 4. The molecule has 5 rings (SSSR count). The fraction of sp³-hybridized carbons (Fsp3) is 0.333. The Hall–Kier alpha value is -2.58. The van der Waals surface area contributed by atoms with Gasteiger partial charge in [-0.25, -0.2) is 15.0 Å². The van der Waals surface area contributed by atoms with E-state index in [2.05, 4.69) is 15.0 Å². The van der Waals surface area contributed by atoms with E-state index in [-0.39, 0.29) is 11.5 Å². The number of fused-ring (bicyclic) bond motifs is 4. The van der Waals surface area contributed by atoms with Crippen LogP contribution in [0.15, 0.2) is 35.7 Å². The van der Waals surface area contributed by atoms with Crippen molar-refractivity contribution in [2.75, 3.05) is 19.0 Å². The van der Waals surface area contributed by atoms with Crippen LogP contribution >= 0.6 is 11.3 Å². The monoisotopic (exact) mass is 367 g/mol. The van der Waals surface area contributed by atoms with E-state index in [0.717, 1.165) is 34.6 Å². The van der Waals surface area contributed by atoms with Gasteiger partial charge in [0.25, 0.3) is 5.56 Å². The van der Waals surface area contributed by atoms with Crippen LogP contribution in [-0.4, -0.2) is 44.3 Å². The van der Waals surface area contributed by atoms with Crippen molar-refractivity contribution in [1.29, 1.82) is 0 Å². The summed E-state index contributed by atoms with van der Waals surface area (Å²) in [5.41, 5.74) is 0.535. The van der Waals surface area contributed by atoms with Gasteiger partial charge in [-0.15, -0.1) is 11.3 Å². The van der Waals surface area contributed by atoms with Crippen LogP contribution in [0.1, 0.15) is 12.8 Å². The van der Waals surface area contributed by atoms with Crippen molar-refractivity contribution in [1.82, 2.24) is 19.5 Å². The lowest BCUT2D eigenvalue weighted by Gasteiger charge is -2.44. The predicted octanol–water partition coefficient (Wildman–Crippen LogP) is 2.02. The Morgan fingerprint density at radius 2 is 2.19 bits per heavy atom. The van der Waals surface area contributed by atoms with Crippen LogP contribution in [0.3, 0.4) is 0 Å². The van der Waals surface area contributed by atoms with Gasteiger partial charge in [-0.05, 0) is 18.9 Å². The molecule has 0 bridgehead atoms. The largest absolute Gasteiger partial charge is 0.385 e. The van der Waals surface area contributed by atoms with Crippen LogP contribution in [0, 0.1) is 5.92 Å². The molecule has 3 aromatic rings. The van der Waals surface area contributed by atoms with Crippen LogP contribution < -0.4 is 10.5 Å². The molecule has 8 heteroatoms. The number of thiophene rings is 1. The minimum absolute atomic E-state index is 0.0683. The van der Waals surface area contributed by atoms with Crippen LogP contribution in [0.5, 0.6) is 0 Å². The average Bonchev–Trinajstić information content (AvgIpc) is 3.00. The Kier molecular flexibility index (Phi) is 3.14. The number of hydrogen-bond donors (Lipinski definition) is 1. The molecule has 2 unspecified atom stereocenters. The van der Waals surface area contributed by atoms with Crippen molar-refractivity contribution in [2.24, 2.45) is 5.92 Å². The molecular weight excluding hydrogens is 350 g/mol. The fourth-order valence-electron chi connectivity index (χ4n) is 3.67. The van der Waals surface area contributed by atoms with E-state index in [9.17, 15) is 9.90 Å². The fourth-order valence-corrected chi connectivity index (χ4v) is 4.69. The topological polar surface area (TPSA) is 84.1 Å². The molecule has 132 valence electrons. The molecule has 7 nitrogen and oxygen atoms in total. The molecule has 3 heterocycles. The van der Waals surface area contributed by atoms with Crippen molar-refractivity contribution in [3.8, 4) is 0 Å². The maximum Gasteiger partial charge on any atom is 0.275 e. The van der Waals surface area contributed by atoms with Gasteiger partial charge in [-0.2, -0.15) is 0 Å². The molecular formula is C18H17N5O2S. The number of hydrogen-bond acceptors (Lipinski definition) is 7. The van der Waals surface area contributed by atoms with Crippen molar-refractivity contribution in [3.05, 3.63) is 41.2 Å². The van der Waals surface area contributed by atoms with E-state index in [1.165, 1.54) is 17.7 Å². The quantitative estimate of drug-likeness (QED) is 0.746. The molecule has 0 aliphatic heterocycles. The van der Waals surface area contributed by atoms with Gasteiger partial charge in [0.05, 0.1) is 11.0 Å². The first-order chi connectivity index (χ1) is 12.5. The van der Waals surface area contributed by atoms with Gasteiger partial charge < -0.3 is 10.0 Å². The summed E-state index contributed by atoms with van der Waals surface area (Å²) in [6.07, 6.45) is 10.3. The first-order valence-electron chi connectivity index (χ1n) is 8.44. The molecule has 3 aromatic heterocycles. The lowest BCUT2D eigenvalue weighted by atomic mass is 9.67. The summed E-state index contributed by atoms with van der Waals surface area (Å²) in [5, 5.41) is 11.2. The highest BCUT2D eigenvalue weighted by Gasteiger charge is 2.43. The minimum atomic E-state index is -0.738. The number of aliphatic hydroxyl groups is 1. The SMILES string of the molecule is CN(C)c1ncnc2sc3c(=O)n(C4=CC5CCC5(O)C=C4)cnc3c12. The van der Waals surface area contributed by atoms with Crippen molar-refractivity contribution in [3.63, 3.8) is 0 Å². The zero-order chi connectivity index (χ0) is 18.1. The van der Waals surface area contributed by atoms with Gasteiger partial charge in [0, 0.05) is 25.7 Å². The Bertz CT molecular complexity index is 1180. The molecule has 1 fully saturated rings. The van der Waals surface area contributed by atoms with Crippen molar-refractivity contribution >= 4 is 43.3 Å². The van der Waals surface area contributed by atoms with Crippen LogP contribution in [0.2, 0.25) is 0 Å². The van der Waals surface area contributed by atoms with Gasteiger partial charge in [0.15, 0.2) is 0 Å². The van der Waals surface area contributed by atoms with E-state index in [1.54, 1.807) is 17.0 Å². The standard InChI is InChI=1S/C18H17N5O2S/c1-22(2)15-12-13-14(26-16(12)20-8-19-15)17(24)23(9-21-13)11-4-6-18(25)5-3-10(18)7-11/h4,6-10,25H,3,5H2,1-2H3. The number of anilines is 1. The first-order valence-corrected chi connectivity index (χ1v) is 9.25. The Morgan fingerprint density at radius 3 is 2.88 bits per heavy atom. The average molecular weight is 367 g/mol. The summed E-state index contributed by atoms with van der Waals surface area (Å²) >= 11 is 1.34. The summed E-state index contributed by atoms with van der Waals surface area (Å²) in [6, 6.07) is 0. The van der Waals surface area contributed by atoms with Crippen LogP contribution in [0.4, 0.5) is 5.82 Å². The van der Waals surface area contributed by atoms with Crippen molar-refractivity contribution in [2.45, 2.75) is 18.4 Å². The molecule has 2 aliphatic carbocycles. The second-order valence-corrected chi connectivity index (χ2v) is 8.03. The molecule has 0 radical (unpaired) electrons. The van der Waals surface area contributed by atoms with E-state index in [1.807, 2.05) is 31.1 Å². The third kappa shape index (κ3) is 2.02. The van der Waals surface area contributed by atoms with E-state index in [4.69, 9.17) is 0 Å². The molecule has 1 N–H and O–H groups in total. The summed E-state index contributed by atoms with van der Waals surface area (Å²) in [6.45, 7) is 0. The molecule has 0 spiro atoms. The second kappa shape index (κ2) is 5.21. The summed E-state index contributed by atoms with van der Waals surface area (Å²) in [5.74, 6) is 0.820. The van der Waals surface area contributed by atoms with E-state index >= 15 is 0 Å². The number of rotatable bonds is 2. The third-order valence-electron chi connectivity index (χ3n) is 5.27. The van der Waals surface area contributed by atoms with Gasteiger partial charge >= 0.3 is 0 Å².